The molecule has 1 atom stereocenters. The summed E-state index contributed by atoms with van der Waals surface area (Å²) in [5.74, 6) is 0.236. The zero-order valence-electron chi connectivity index (χ0n) is 20.6. The topological polar surface area (TPSA) is 83.4 Å². The maximum atomic E-state index is 13.5. The van der Waals surface area contributed by atoms with E-state index in [1.54, 1.807) is 0 Å². The van der Waals surface area contributed by atoms with Crippen LogP contribution in [-0.2, 0) is 17.8 Å². The molecule has 2 aromatic heterocycles. The molecule has 4 aromatic rings. The number of fused-ring (bicyclic) bond motifs is 6. The summed E-state index contributed by atoms with van der Waals surface area (Å²) < 4.78 is 2.23. The van der Waals surface area contributed by atoms with E-state index in [1.807, 2.05) is 35.2 Å². The van der Waals surface area contributed by atoms with Crippen molar-refractivity contribution in [3.63, 3.8) is 0 Å². The van der Waals surface area contributed by atoms with E-state index in [0.717, 1.165) is 33.9 Å². The van der Waals surface area contributed by atoms with Crippen LogP contribution in [0.2, 0.25) is 0 Å². The van der Waals surface area contributed by atoms with Gasteiger partial charge in [0.25, 0.3) is 5.91 Å². The van der Waals surface area contributed by atoms with E-state index >= 15 is 0 Å². The molecule has 4 heterocycles. The zero-order valence-corrected chi connectivity index (χ0v) is 21.4. The first-order chi connectivity index (χ1) is 17.4. The van der Waals surface area contributed by atoms with Gasteiger partial charge in [-0.25, -0.2) is 0 Å². The molecule has 0 fully saturated rings. The van der Waals surface area contributed by atoms with E-state index < -0.39 is 0 Å². The second-order valence-electron chi connectivity index (χ2n) is 9.68. The predicted octanol–water partition coefficient (Wildman–Crippen LogP) is 4.79. The van der Waals surface area contributed by atoms with Gasteiger partial charge in [-0.3, -0.25) is 9.59 Å². The highest BCUT2D eigenvalue weighted by Gasteiger charge is 2.42. The van der Waals surface area contributed by atoms with Crippen LogP contribution in [0.4, 0.5) is 10.8 Å². The minimum absolute atomic E-state index is 0.0612. The van der Waals surface area contributed by atoms with Crippen LogP contribution in [0.15, 0.2) is 48.5 Å². The number of anilines is 2. The number of aromatic nitrogens is 3. The van der Waals surface area contributed by atoms with Gasteiger partial charge < -0.3 is 19.7 Å². The third-order valence-corrected chi connectivity index (χ3v) is 8.29. The fourth-order valence-corrected chi connectivity index (χ4v) is 6.22. The summed E-state index contributed by atoms with van der Waals surface area (Å²) in [4.78, 5) is 30.5. The molecule has 0 saturated heterocycles. The van der Waals surface area contributed by atoms with Crippen molar-refractivity contribution < 1.29 is 9.59 Å². The van der Waals surface area contributed by atoms with Crippen LogP contribution in [-0.4, -0.2) is 45.1 Å². The number of nitrogens with zero attached hydrogens (tertiary/aromatic N) is 5. The van der Waals surface area contributed by atoms with Crippen LogP contribution in [0.1, 0.15) is 59.0 Å². The highest BCUT2D eigenvalue weighted by atomic mass is 32.1. The van der Waals surface area contributed by atoms with Gasteiger partial charge in [-0.2, -0.15) is 0 Å². The van der Waals surface area contributed by atoms with Crippen LogP contribution >= 0.6 is 11.3 Å². The Morgan fingerprint density at radius 2 is 1.92 bits per heavy atom. The zero-order chi connectivity index (χ0) is 25.0. The Kier molecular flexibility index (Phi) is 5.52. The van der Waals surface area contributed by atoms with Gasteiger partial charge in [0.1, 0.15) is 11.2 Å². The number of carbonyl (C=O) groups excluding carboxylic acids is 2. The van der Waals surface area contributed by atoms with Gasteiger partial charge in [0.15, 0.2) is 0 Å². The molecule has 2 amide bonds. The largest absolute Gasteiger partial charge is 0.349 e. The molecule has 1 N–H and O–H groups in total. The van der Waals surface area contributed by atoms with Gasteiger partial charge in [0, 0.05) is 43.4 Å². The highest BCUT2D eigenvalue weighted by molar-refractivity contribution is 7.15. The molecule has 2 aliphatic rings. The van der Waals surface area contributed by atoms with Crippen molar-refractivity contribution in [3.8, 4) is 0 Å². The summed E-state index contributed by atoms with van der Waals surface area (Å²) in [7, 11) is 2.05. The highest BCUT2D eigenvalue weighted by Crippen LogP contribution is 2.44. The smallest absolute Gasteiger partial charge is 0.257 e. The second kappa shape index (κ2) is 8.74. The number of amides is 2. The number of para-hydroxylation sites is 2. The van der Waals surface area contributed by atoms with E-state index in [1.165, 1.54) is 22.3 Å². The van der Waals surface area contributed by atoms with Crippen LogP contribution < -0.4 is 10.2 Å². The molecular formula is C27H28N6O2S. The molecule has 2 aromatic carbocycles. The van der Waals surface area contributed by atoms with Crippen molar-refractivity contribution in [1.82, 2.24) is 19.7 Å². The maximum Gasteiger partial charge on any atom is 0.257 e. The van der Waals surface area contributed by atoms with Gasteiger partial charge in [-0.15, -0.1) is 10.2 Å². The summed E-state index contributed by atoms with van der Waals surface area (Å²) in [5.41, 5.74) is 5.12. The van der Waals surface area contributed by atoms with E-state index in [0.29, 0.717) is 24.6 Å². The summed E-state index contributed by atoms with van der Waals surface area (Å²) in [5, 5.41) is 13.8. The summed E-state index contributed by atoms with van der Waals surface area (Å²) in [6.07, 6.45) is 0.863. The van der Waals surface area contributed by atoms with Gasteiger partial charge in [0.2, 0.25) is 11.0 Å². The first-order valence-corrected chi connectivity index (χ1v) is 13.1. The van der Waals surface area contributed by atoms with E-state index in [-0.39, 0.29) is 23.9 Å². The monoisotopic (exact) mass is 500 g/mol. The lowest BCUT2D eigenvalue weighted by atomic mass is 9.96. The van der Waals surface area contributed by atoms with Crippen LogP contribution in [0.3, 0.4) is 0 Å². The lowest BCUT2D eigenvalue weighted by Crippen LogP contribution is -2.51. The Labute approximate surface area is 213 Å². The SMILES string of the molecule is CC(C)c1nnc(NC(=O)CCn2c3c(c4ccccc42)CCN2C(=O)c4ccccc4N(C)[C@@H]32)s1. The van der Waals surface area contributed by atoms with Gasteiger partial charge in [0.05, 0.1) is 16.9 Å². The number of aryl methyl sites for hydroxylation is 1. The molecule has 9 heteroatoms. The minimum Gasteiger partial charge on any atom is -0.349 e. The van der Waals surface area contributed by atoms with Crippen molar-refractivity contribution in [2.24, 2.45) is 0 Å². The number of benzene rings is 2. The van der Waals surface area contributed by atoms with Crippen LogP contribution in [0, 0.1) is 0 Å². The minimum atomic E-state index is -0.219. The quantitative estimate of drug-likeness (QED) is 0.426. The molecule has 0 aliphatic carbocycles. The number of nitrogens with one attached hydrogen (secondary N) is 1. The molecule has 184 valence electrons. The lowest BCUT2D eigenvalue weighted by Gasteiger charge is -2.46. The van der Waals surface area contributed by atoms with Gasteiger partial charge in [-0.1, -0.05) is 55.5 Å². The second-order valence-corrected chi connectivity index (χ2v) is 10.7. The predicted molar refractivity (Wildman–Crippen MR) is 142 cm³/mol. The molecule has 8 nitrogen and oxygen atoms in total. The van der Waals surface area contributed by atoms with Crippen LogP contribution in [0.5, 0.6) is 0 Å². The molecular weight excluding hydrogens is 472 g/mol. The normalized spacial score (nSPS) is 16.8. The summed E-state index contributed by atoms with van der Waals surface area (Å²) in [6, 6.07) is 16.1. The Morgan fingerprint density at radius 3 is 2.72 bits per heavy atom. The van der Waals surface area contributed by atoms with Crippen molar-refractivity contribution in [1.29, 1.82) is 0 Å². The molecule has 0 saturated carbocycles. The van der Waals surface area contributed by atoms with E-state index in [2.05, 4.69) is 64.1 Å². The molecule has 2 aliphatic heterocycles. The average Bonchev–Trinajstić information content (AvgIpc) is 3.48. The van der Waals surface area contributed by atoms with E-state index in [4.69, 9.17) is 0 Å². The fourth-order valence-electron chi connectivity index (χ4n) is 5.46. The third-order valence-electron chi connectivity index (χ3n) is 7.15. The van der Waals surface area contributed by atoms with Gasteiger partial charge >= 0.3 is 0 Å². The van der Waals surface area contributed by atoms with Crippen LogP contribution in [0.25, 0.3) is 10.9 Å². The molecule has 36 heavy (non-hydrogen) atoms. The first-order valence-electron chi connectivity index (χ1n) is 12.3. The standard InChI is InChI=1S/C27H28N6O2S/c1-16(2)24-29-30-27(36-24)28-22(34)13-15-32-21-11-7-4-8-17(21)18-12-14-33-25(23(18)32)31(3)20-10-6-5-9-19(20)26(33)35/h4-11,16,25H,12-15H2,1-3H3,(H,28,30,34)/t25-/m1/s1. The maximum absolute atomic E-state index is 13.5. The molecule has 0 radical (unpaired) electrons. The van der Waals surface area contributed by atoms with Crippen molar-refractivity contribution in [2.45, 2.75) is 45.3 Å². The lowest BCUT2D eigenvalue weighted by molar-refractivity contribution is -0.116. The number of carbonyl (C=O) groups is 2. The Bertz CT molecular complexity index is 1490. The van der Waals surface area contributed by atoms with Crippen molar-refractivity contribution in [2.75, 3.05) is 23.8 Å². The number of hydrogen-bond donors (Lipinski definition) is 1. The van der Waals surface area contributed by atoms with Crippen molar-refractivity contribution >= 4 is 44.9 Å². The summed E-state index contributed by atoms with van der Waals surface area (Å²) >= 11 is 1.42. The van der Waals surface area contributed by atoms with Crippen molar-refractivity contribution in [3.05, 3.63) is 70.4 Å². The van der Waals surface area contributed by atoms with E-state index in [9.17, 15) is 9.59 Å². The summed E-state index contributed by atoms with van der Waals surface area (Å²) in [6.45, 7) is 5.28. The molecule has 6 rings (SSSR count). The third kappa shape index (κ3) is 3.57. The number of rotatable bonds is 5. The molecule has 0 spiro atoms. The number of hydrogen-bond acceptors (Lipinski definition) is 6. The molecule has 0 bridgehead atoms. The Hall–Kier alpha value is -3.72. The average molecular weight is 501 g/mol. The van der Waals surface area contributed by atoms with Gasteiger partial charge in [-0.05, 0) is 30.2 Å². The first kappa shape index (κ1) is 22.7. The fraction of sp³-hybridized carbons (Fsp3) is 0.333. The Morgan fingerprint density at radius 1 is 1.14 bits per heavy atom. The molecule has 0 unspecified atom stereocenters. The Balaban J connectivity index is 1.35.